The fraction of sp³-hybridized carbons (Fsp3) is 0.318. The molecule has 0 atom stereocenters. The van der Waals surface area contributed by atoms with Crippen LogP contribution in [0.3, 0.4) is 0 Å². The Morgan fingerprint density at radius 2 is 1.86 bits per heavy atom. The number of carbonyl (C=O) groups is 1. The highest BCUT2D eigenvalue weighted by molar-refractivity contribution is 6.15. The zero-order chi connectivity index (χ0) is 19.5. The summed E-state index contributed by atoms with van der Waals surface area (Å²) in [6.07, 6.45) is 3.15. The first-order valence-corrected chi connectivity index (χ1v) is 9.58. The number of carbonyl (C=O) groups excluding carboxylic acids is 1. The van der Waals surface area contributed by atoms with Crippen molar-refractivity contribution in [1.82, 2.24) is 0 Å². The highest BCUT2D eigenvalue weighted by Gasteiger charge is 2.22. The van der Waals surface area contributed by atoms with Gasteiger partial charge in [-0.1, -0.05) is 25.5 Å². The second-order valence-electron chi connectivity index (χ2n) is 7.05. The van der Waals surface area contributed by atoms with Crippen molar-refractivity contribution in [2.75, 3.05) is 12.1 Å². The molecule has 2 aromatic rings. The van der Waals surface area contributed by atoms with Crippen LogP contribution in [0.5, 0.6) is 11.5 Å². The fourth-order valence-electron chi connectivity index (χ4n) is 3.34. The lowest BCUT2D eigenvalue weighted by molar-refractivity contribution is -0.116. The van der Waals surface area contributed by atoms with Gasteiger partial charge in [-0.15, -0.1) is 5.10 Å². The summed E-state index contributed by atoms with van der Waals surface area (Å²) in [6, 6.07) is 11.7. The topological polar surface area (TPSA) is 72.3 Å². The molecule has 0 saturated carbocycles. The molecule has 0 bridgehead atoms. The summed E-state index contributed by atoms with van der Waals surface area (Å²) in [5.74, 6) is 1.53. The average molecular weight is 377 g/mol. The van der Waals surface area contributed by atoms with E-state index >= 15 is 0 Å². The van der Waals surface area contributed by atoms with Crippen LogP contribution >= 0.6 is 0 Å². The molecule has 2 heterocycles. The molecule has 2 aliphatic rings. The van der Waals surface area contributed by atoms with Gasteiger partial charge >= 0.3 is 0 Å². The monoisotopic (exact) mass is 377 g/mol. The predicted molar refractivity (Wildman–Crippen MR) is 110 cm³/mol. The first-order valence-electron chi connectivity index (χ1n) is 9.58. The van der Waals surface area contributed by atoms with E-state index in [-0.39, 0.29) is 12.7 Å². The van der Waals surface area contributed by atoms with Crippen LogP contribution in [0.15, 0.2) is 46.6 Å². The second kappa shape index (κ2) is 7.84. The maximum absolute atomic E-state index is 11.9. The number of nitrogens with zero attached hydrogens (tertiary/aromatic N) is 2. The van der Waals surface area contributed by atoms with Crippen molar-refractivity contribution in [2.45, 2.75) is 39.5 Å². The molecule has 144 valence electrons. The quantitative estimate of drug-likeness (QED) is 0.844. The zero-order valence-electron chi connectivity index (χ0n) is 16.1. The Balaban J connectivity index is 1.63. The van der Waals surface area contributed by atoms with Crippen molar-refractivity contribution < 1.29 is 14.3 Å². The summed E-state index contributed by atoms with van der Waals surface area (Å²) in [7, 11) is 0. The molecule has 0 spiro atoms. The number of fused-ring (bicyclic) bond motifs is 2. The van der Waals surface area contributed by atoms with E-state index < -0.39 is 0 Å². The van der Waals surface area contributed by atoms with E-state index in [1.807, 2.05) is 43.3 Å². The number of amides is 1. The van der Waals surface area contributed by atoms with Crippen LogP contribution in [-0.2, 0) is 11.2 Å². The van der Waals surface area contributed by atoms with Crippen LogP contribution in [0.25, 0.3) is 0 Å². The van der Waals surface area contributed by atoms with Crippen molar-refractivity contribution in [3.05, 3.63) is 53.1 Å². The third-order valence-corrected chi connectivity index (χ3v) is 4.82. The van der Waals surface area contributed by atoms with Gasteiger partial charge in [-0.05, 0) is 43.2 Å². The van der Waals surface area contributed by atoms with Crippen molar-refractivity contribution in [1.29, 1.82) is 0 Å². The van der Waals surface area contributed by atoms with Gasteiger partial charge in [-0.25, -0.2) is 0 Å². The van der Waals surface area contributed by atoms with Gasteiger partial charge in [-0.2, -0.15) is 5.10 Å². The van der Waals surface area contributed by atoms with Gasteiger partial charge in [-0.3, -0.25) is 4.79 Å². The molecule has 0 radical (unpaired) electrons. The lowest BCUT2D eigenvalue weighted by Crippen LogP contribution is -2.11. The van der Waals surface area contributed by atoms with Gasteiger partial charge in [0.25, 0.3) is 0 Å². The van der Waals surface area contributed by atoms with Gasteiger partial charge in [0.05, 0.1) is 0 Å². The summed E-state index contributed by atoms with van der Waals surface area (Å²) in [5.41, 5.74) is 5.54. The van der Waals surface area contributed by atoms with E-state index in [9.17, 15) is 4.79 Å². The summed E-state index contributed by atoms with van der Waals surface area (Å²) < 4.78 is 11.1. The van der Waals surface area contributed by atoms with Crippen LogP contribution < -0.4 is 14.8 Å². The third-order valence-electron chi connectivity index (χ3n) is 4.82. The number of anilines is 1. The summed E-state index contributed by atoms with van der Waals surface area (Å²) in [5, 5.41) is 11.8. The number of hydrogen-bond donors (Lipinski definition) is 1. The molecule has 0 aromatic heterocycles. The normalized spacial score (nSPS) is 14.6. The van der Waals surface area contributed by atoms with Gasteiger partial charge < -0.3 is 14.8 Å². The smallest absolute Gasteiger partial charge is 0.231 e. The highest BCUT2D eigenvalue weighted by atomic mass is 16.7. The minimum absolute atomic E-state index is 0.0414. The molecular formula is C22H23N3O3. The summed E-state index contributed by atoms with van der Waals surface area (Å²) in [4.78, 5) is 11.9. The Kier molecular flexibility index (Phi) is 5.10. The Hall–Kier alpha value is -3.15. The maximum Gasteiger partial charge on any atom is 0.231 e. The van der Waals surface area contributed by atoms with E-state index in [1.165, 1.54) is 0 Å². The highest BCUT2D eigenvalue weighted by Crippen LogP contribution is 2.36. The van der Waals surface area contributed by atoms with E-state index in [2.05, 4.69) is 22.4 Å². The van der Waals surface area contributed by atoms with Crippen molar-refractivity contribution in [3.8, 4) is 11.5 Å². The first-order chi connectivity index (χ1) is 13.6. The van der Waals surface area contributed by atoms with Crippen LogP contribution in [0.4, 0.5) is 5.69 Å². The molecular weight excluding hydrogens is 354 g/mol. The lowest BCUT2D eigenvalue weighted by atomic mass is 9.94. The number of ether oxygens (including phenoxy) is 2. The van der Waals surface area contributed by atoms with Crippen LogP contribution in [0, 0.1) is 0 Å². The van der Waals surface area contributed by atoms with E-state index in [4.69, 9.17) is 9.47 Å². The molecule has 4 rings (SSSR count). The number of hydrogen-bond acceptors (Lipinski definition) is 5. The van der Waals surface area contributed by atoms with E-state index in [0.717, 1.165) is 58.1 Å². The van der Waals surface area contributed by atoms with Crippen molar-refractivity contribution >= 4 is 23.0 Å². The fourth-order valence-corrected chi connectivity index (χ4v) is 3.34. The Morgan fingerprint density at radius 1 is 1.11 bits per heavy atom. The van der Waals surface area contributed by atoms with Gasteiger partial charge in [0, 0.05) is 35.4 Å². The van der Waals surface area contributed by atoms with Crippen molar-refractivity contribution in [2.24, 2.45) is 10.2 Å². The molecule has 6 nitrogen and oxygen atoms in total. The van der Waals surface area contributed by atoms with Gasteiger partial charge in [0.15, 0.2) is 11.5 Å². The largest absolute Gasteiger partial charge is 0.454 e. The van der Waals surface area contributed by atoms with Crippen LogP contribution in [0.1, 0.15) is 49.8 Å². The molecule has 1 amide bonds. The number of benzene rings is 2. The SMILES string of the molecule is CCCCC(=O)Nc1ccc(C2=NN=C(C)Cc3cc4c(cc32)OCO4)cc1. The van der Waals surface area contributed by atoms with E-state index in [0.29, 0.717) is 12.8 Å². The molecule has 2 aromatic carbocycles. The van der Waals surface area contributed by atoms with Crippen molar-refractivity contribution in [3.63, 3.8) is 0 Å². The maximum atomic E-state index is 11.9. The van der Waals surface area contributed by atoms with Crippen LogP contribution in [0.2, 0.25) is 0 Å². The Bertz CT molecular complexity index is 962. The van der Waals surface area contributed by atoms with Gasteiger partial charge in [0.1, 0.15) is 5.71 Å². The molecule has 28 heavy (non-hydrogen) atoms. The average Bonchev–Trinajstić information content (AvgIpc) is 3.08. The minimum Gasteiger partial charge on any atom is -0.454 e. The zero-order valence-corrected chi connectivity index (χ0v) is 16.1. The molecule has 1 N–H and O–H groups in total. The first kappa shape index (κ1) is 18.2. The number of rotatable bonds is 5. The van der Waals surface area contributed by atoms with Crippen LogP contribution in [-0.4, -0.2) is 24.1 Å². The molecule has 0 unspecified atom stereocenters. The predicted octanol–water partition coefficient (Wildman–Crippen LogP) is 4.31. The van der Waals surface area contributed by atoms with E-state index in [1.54, 1.807) is 0 Å². The van der Waals surface area contributed by atoms with Gasteiger partial charge in [0.2, 0.25) is 12.7 Å². The number of unbranched alkanes of at least 4 members (excludes halogenated alkanes) is 1. The lowest BCUT2D eigenvalue weighted by Gasteiger charge is -2.12. The summed E-state index contributed by atoms with van der Waals surface area (Å²) in [6.45, 7) is 4.28. The third kappa shape index (κ3) is 3.76. The second-order valence-corrected chi connectivity index (χ2v) is 7.05. The molecule has 2 aliphatic heterocycles. The minimum atomic E-state index is 0.0414. The molecule has 0 saturated heterocycles. The Labute approximate surface area is 164 Å². The molecule has 0 fully saturated rings. The summed E-state index contributed by atoms with van der Waals surface area (Å²) >= 11 is 0. The standard InChI is InChI=1S/C22H23N3O3/c1-3-4-5-21(26)23-17-8-6-15(7-9-17)22-18-12-20-19(27-13-28-20)11-16(18)10-14(2)24-25-22/h6-9,11-12H,3-5,10,13H2,1-2H3,(H,23,26). The molecule has 0 aliphatic carbocycles. The number of nitrogens with one attached hydrogen (secondary N) is 1. The Morgan fingerprint density at radius 3 is 2.61 bits per heavy atom. The molecule has 6 heteroatoms.